The number of hydrogen-bond donors (Lipinski definition) is 1. The monoisotopic (exact) mass is 235 g/mol. The molecule has 4 nitrogen and oxygen atoms in total. The van der Waals surface area contributed by atoms with Gasteiger partial charge in [-0.25, -0.2) is 0 Å². The Hall–Kier alpha value is -1.11. The van der Waals surface area contributed by atoms with Gasteiger partial charge in [-0.05, 0) is 19.8 Å². The molecule has 1 aliphatic rings. The van der Waals surface area contributed by atoms with Crippen LogP contribution in [-0.4, -0.2) is 16.3 Å². The lowest BCUT2D eigenvalue weighted by Gasteiger charge is -2.23. The average molecular weight is 235 g/mol. The van der Waals surface area contributed by atoms with Gasteiger partial charge in [-0.3, -0.25) is 0 Å². The Kier molecular flexibility index (Phi) is 2.45. The number of aromatic nitrogens is 2. The van der Waals surface area contributed by atoms with Crippen LogP contribution in [0.1, 0.15) is 43.8 Å². The maximum Gasteiger partial charge on any atom is 0.415 e. The minimum Gasteiger partial charge on any atom is -0.337 e. The first-order valence-corrected chi connectivity index (χ1v) is 5.02. The summed E-state index contributed by atoms with van der Waals surface area (Å²) in [5, 5.41) is 3.55. The summed E-state index contributed by atoms with van der Waals surface area (Å²) in [6.45, 7) is 0.824. The molecule has 1 unspecified atom stereocenters. The van der Waals surface area contributed by atoms with Crippen molar-refractivity contribution >= 4 is 0 Å². The normalized spacial score (nSPS) is 21.6. The van der Waals surface area contributed by atoms with Crippen molar-refractivity contribution < 1.29 is 17.7 Å². The SMILES string of the molecule is CC(N)(c1nc(C2CCC2)no1)C(F)(F)F. The highest BCUT2D eigenvalue weighted by Gasteiger charge is 2.53. The molecule has 1 aromatic rings. The largest absolute Gasteiger partial charge is 0.415 e. The maximum atomic E-state index is 12.6. The van der Waals surface area contributed by atoms with Crippen molar-refractivity contribution in [1.29, 1.82) is 0 Å². The molecule has 0 aromatic carbocycles. The van der Waals surface area contributed by atoms with Gasteiger partial charge in [0.2, 0.25) is 0 Å². The zero-order chi connectivity index (χ0) is 12.0. The Morgan fingerprint density at radius 1 is 1.38 bits per heavy atom. The van der Waals surface area contributed by atoms with Crippen molar-refractivity contribution in [2.24, 2.45) is 5.73 Å². The molecule has 2 N–H and O–H groups in total. The molecule has 0 radical (unpaired) electrons. The first-order valence-electron chi connectivity index (χ1n) is 5.02. The van der Waals surface area contributed by atoms with Gasteiger partial charge >= 0.3 is 6.18 Å². The van der Waals surface area contributed by atoms with Gasteiger partial charge in [0.15, 0.2) is 11.4 Å². The second-order valence-electron chi connectivity index (χ2n) is 4.29. The summed E-state index contributed by atoms with van der Waals surface area (Å²) in [7, 11) is 0. The fraction of sp³-hybridized carbons (Fsp3) is 0.778. The van der Waals surface area contributed by atoms with E-state index in [2.05, 4.69) is 14.7 Å². The summed E-state index contributed by atoms with van der Waals surface area (Å²) in [6.07, 6.45) is -1.76. The van der Waals surface area contributed by atoms with Crippen molar-refractivity contribution in [3.8, 4) is 0 Å². The molecule has 16 heavy (non-hydrogen) atoms. The molecule has 0 aliphatic heterocycles. The summed E-state index contributed by atoms with van der Waals surface area (Å²) in [5.41, 5.74) is 2.59. The Balaban J connectivity index is 2.23. The van der Waals surface area contributed by atoms with Crippen molar-refractivity contribution in [2.75, 3.05) is 0 Å². The summed E-state index contributed by atoms with van der Waals surface area (Å²) in [4.78, 5) is 3.75. The molecular formula is C9H12F3N3O. The number of rotatable bonds is 2. The van der Waals surface area contributed by atoms with E-state index in [1.807, 2.05) is 0 Å². The summed E-state index contributed by atoms with van der Waals surface area (Å²) < 4.78 is 42.3. The number of hydrogen-bond acceptors (Lipinski definition) is 4. The number of nitrogens with zero attached hydrogens (tertiary/aromatic N) is 2. The van der Waals surface area contributed by atoms with E-state index in [-0.39, 0.29) is 5.92 Å². The molecule has 1 atom stereocenters. The smallest absolute Gasteiger partial charge is 0.337 e. The lowest BCUT2D eigenvalue weighted by Crippen LogP contribution is -2.48. The molecule has 1 aromatic heterocycles. The molecule has 1 saturated carbocycles. The van der Waals surface area contributed by atoms with E-state index in [0.717, 1.165) is 26.2 Å². The van der Waals surface area contributed by atoms with Crippen LogP contribution < -0.4 is 5.73 Å². The van der Waals surface area contributed by atoms with E-state index in [1.54, 1.807) is 0 Å². The zero-order valence-electron chi connectivity index (χ0n) is 8.71. The molecule has 2 rings (SSSR count). The van der Waals surface area contributed by atoms with Crippen LogP contribution in [0.4, 0.5) is 13.2 Å². The third-order valence-electron chi connectivity index (χ3n) is 2.95. The maximum absolute atomic E-state index is 12.6. The number of alkyl halides is 3. The molecule has 1 aliphatic carbocycles. The summed E-state index contributed by atoms with van der Waals surface area (Å²) in [6, 6.07) is 0. The van der Waals surface area contributed by atoms with Gasteiger partial charge in [0.25, 0.3) is 5.89 Å². The van der Waals surface area contributed by atoms with E-state index in [1.165, 1.54) is 0 Å². The molecule has 1 fully saturated rings. The Labute approximate surface area is 90.0 Å². The Morgan fingerprint density at radius 3 is 2.44 bits per heavy atom. The van der Waals surface area contributed by atoms with Gasteiger partial charge in [0, 0.05) is 5.92 Å². The van der Waals surface area contributed by atoms with Crippen LogP contribution in [0.3, 0.4) is 0 Å². The quantitative estimate of drug-likeness (QED) is 0.852. The first-order chi connectivity index (χ1) is 7.32. The van der Waals surface area contributed by atoms with Crippen molar-refractivity contribution in [1.82, 2.24) is 10.1 Å². The first kappa shape index (κ1) is 11.4. The lowest BCUT2D eigenvalue weighted by molar-refractivity contribution is -0.190. The van der Waals surface area contributed by atoms with Crippen LogP contribution in [0.2, 0.25) is 0 Å². The van der Waals surface area contributed by atoms with Crippen LogP contribution in [0.5, 0.6) is 0 Å². The van der Waals surface area contributed by atoms with Gasteiger partial charge in [-0.15, -0.1) is 0 Å². The third kappa shape index (κ3) is 1.68. The van der Waals surface area contributed by atoms with Crippen molar-refractivity contribution in [3.63, 3.8) is 0 Å². The fourth-order valence-electron chi connectivity index (χ4n) is 1.40. The summed E-state index contributed by atoms with van der Waals surface area (Å²) in [5.74, 6) is -0.106. The number of nitrogens with two attached hydrogens (primary N) is 1. The topological polar surface area (TPSA) is 64.9 Å². The minimum atomic E-state index is -4.60. The molecule has 90 valence electrons. The van der Waals surface area contributed by atoms with Gasteiger partial charge in [-0.2, -0.15) is 18.2 Å². The van der Waals surface area contributed by atoms with Crippen LogP contribution in [0, 0.1) is 0 Å². The second kappa shape index (κ2) is 3.44. The number of halogens is 3. The van der Waals surface area contributed by atoms with Gasteiger partial charge < -0.3 is 10.3 Å². The lowest BCUT2D eigenvalue weighted by atomic mass is 9.85. The van der Waals surface area contributed by atoms with E-state index in [4.69, 9.17) is 5.73 Å². The Morgan fingerprint density at radius 2 is 2.00 bits per heavy atom. The van der Waals surface area contributed by atoms with Crippen molar-refractivity contribution in [2.45, 2.75) is 43.8 Å². The molecular weight excluding hydrogens is 223 g/mol. The van der Waals surface area contributed by atoms with Crippen LogP contribution >= 0.6 is 0 Å². The highest BCUT2D eigenvalue weighted by atomic mass is 19.4. The third-order valence-corrected chi connectivity index (χ3v) is 2.95. The average Bonchev–Trinajstić information content (AvgIpc) is 2.47. The molecule has 0 saturated heterocycles. The predicted molar refractivity (Wildman–Crippen MR) is 48.5 cm³/mol. The molecule has 1 heterocycles. The van der Waals surface area contributed by atoms with Crippen molar-refractivity contribution in [3.05, 3.63) is 11.7 Å². The molecule has 0 bridgehead atoms. The molecule has 0 amide bonds. The molecule has 0 spiro atoms. The van der Waals surface area contributed by atoms with E-state index in [0.29, 0.717) is 5.82 Å². The fourth-order valence-corrected chi connectivity index (χ4v) is 1.40. The van der Waals surface area contributed by atoms with Gasteiger partial charge in [0.05, 0.1) is 0 Å². The minimum absolute atomic E-state index is 0.126. The van der Waals surface area contributed by atoms with Gasteiger partial charge in [0.1, 0.15) is 0 Å². The van der Waals surface area contributed by atoms with Gasteiger partial charge in [-0.1, -0.05) is 11.6 Å². The molecule has 7 heteroatoms. The summed E-state index contributed by atoms with van der Waals surface area (Å²) >= 11 is 0. The van der Waals surface area contributed by atoms with Crippen LogP contribution in [-0.2, 0) is 5.54 Å². The zero-order valence-corrected chi connectivity index (χ0v) is 8.71. The van der Waals surface area contributed by atoms with Crippen LogP contribution in [0.25, 0.3) is 0 Å². The highest BCUT2D eigenvalue weighted by Crippen LogP contribution is 2.38. The predicted octanol–water partition coefficient (Wildman–Crippen LogP) is 2.07. The van der Waals surface area contributed by atoms with E-state index >= 15 is 0 Å². The highest BCUT2D eigenvalue weighted by molar-refractivity contribution is 5.07. The van der Waals surface area contributed by atoms with E-state index < -0.39 is 17.6 Å². The standard InChI is InChI=1S/C9H12F3N3O/c1-8(13,9(10,11)12)7-14-6(15-16-7)5-3-2-4-5/h5H,2-4,13H2,1H3. The van der Waals surface area contributed by atoms with E-state index in [9.17, 15) is 13.2 Å². The van der Waals surface area contributed by atoms with Crippen LogP contribution in [0.15, 0.2) is 4.52 Å². The Bertz CT molecular complexity index is 382. The second-order valence-corrected chi connectivity index (χ2v) is 4.29.